The summed E-state index contributed by atoms with van der Waals surface area (Å²) in [5, 5.41) is 14.4. The molecule has 3 N–H and O–H groups in total. The fourth-order valence-electron chi connectivity index (χ4n) is 5.07. The molecule has 3 rings (SSSR count). The van der Waals surface area contributed by atoms with E-state index < -0.39 is 24.5 Å². The average molecular weight is 568 g/mol. The summed E-state index contributed by atoms with van der Waals surface area (Å²) in [4.78, 5) is 37.8. The zero-order chi connectivity index (χ0) is 29.4. The summed E-state index contributed by atoms with van der Waals surface area (Å²) < 4.78 is 46.2. The number of nitrogens with zero attached hydrogens (tertiary/aromatic N) is 1. The van der Waals surface area contributed by atoms with Crippen LogP contribution < -0.4 is 10.6 Å². The first-order valence-electron chi connectivity index (χ1n) is 13.3. The Balaban J connectivity index is 1.47. The molecule has 1 aromatic carbocycles. The maximum atomic E-state index is 12.8. The van der Waals surface area contributed by atoms with E-state index in [0.717, 1.165) is 24.0 Å². The van der Waals surface area contributed by atoms with Crippen molar-refractivity contribution in [3.63, 3.8) is 0 Å². The molecule has 220 valence electrons. The maximum Gasteiger partial charge on any atom is 0.523 e. The van der Waals surface area contributed by atoms with Crippen molar-refractivity contribution < 1.29 is 42.1 Å². The van der Waals surface area contributed by atoms with Gasteiger partial charge < -0.3 is 25.4 Å². The van der Waals surface area contributed by atoms with Gasteiger partial charge in [0.1, 0.15) is 6.10 Å². The van der Waals surface area contributed by atoms with E-state index in [2.05, 4.69) is 15.4 Å². The predicted octanol–water partition coefficient (Wildman–Crippen LogP) is 5.97. The Morgan fingerprint density at radius 2 is 1.98 bits per heavy atom. The summed E-state index contributed by atoms with van der Waals surface area (Å²) in [5.74, 6) is -0.591. The van der Waals surface area contributed by atoms with E-state index >= 15 is 0 Å². The number of hydrogen-bond acceptors (Lipinski definition) is 5. The van der Waals surface area contributed by atoms with Gasteiger partial charge in [0.05, 0.1) is 6.10 Å². The highest BCUT2D eigenvalue weighted by atomic mass is 19.4. The van der Waals surface area contributed by atoms with E-state index in [9.17, 15) is 27.6 Å². The van der Waals surface area contributed by atoms with Crippen LogP contribution in [0.25, 0.3) is 0 Å². The topological polar surface area (TPSA) is 117 Å². The molecule has 0 radical (unpaired) electrons. The van der Waals surface area contributed by atoms with Crippen LogP contribution in [0.2, 0.25) is 0 Å². The number of ether oxygens (including phenoxy) is 2. The highest BCUT2D eigenvalue weighted by Crippen LogP contribution is 2.33. The Morgan fingerprint density at radius 3 is 2.65 bits per heavy atom. The van der Waals surface area contributed by atoms with E-state index in [0.29, 0.717) is 37.3 Å². The third-order valence-electron chi connectivity index (χ3n) is 7.01. The van der Waals surface area contributed by atoms with Crippen LogP contribution in [0.4, 0.5) is 28.4 Å². The van der Waals surface area contributed by atoms with Crippen molar-refractivity contribution in [2.75, 3.05) is 11.9 Å². The van der Waals surface area contributed by atoms with Gasteiger partial charge in [0, 0.05) is 30.9 Å². The van der Waals surface area contributed by atoms with Crippen LogP contribution in [0.15, 0.2) is 42.1 Å². The molecule has 1 saturated carbocycles. The minimum atomic E-state index is -4.72. The minimum Gasteiger partial charge on any atom is -0.481 e. The number of fused-ring (bicyclic) bond motifs is 1. The molecule has 40 heavy (non-hydrogen) atoms. The molecule has 1 unspecified atom stereocenters. The Bertz CT molecular complexity index is 1140. The molecule has 9 nitrogen and oxygen atoms in total. The maximum absolute atomic E-state index is 12.8. The second-order valence-electron chi connectivity index (χ2n) is 10.4. The third kappa shape index (κ3) is 9.89. The molecule has 1 aliphatic heterocycles. The van der Waals surface area contributed by atoms with Gasteiger partial charge in [-0.2, -0.15) is 0 Å². The number of anilines is 1. The summed E-state index contributed by atoms with van der Waals surface area (Å²) in [6.45, 7) is 5.69. The number of nitrogens with one attached hydrogen (secondary N) is 2. The number of carbonyl (C=O) groups is 3. The average Bonchev–Trinajstić information content (AvgIpc) is 2.83. The zero-order valence-electron chi connectivity index (χ0n) is 22.8. The molecule has 1 fully saturated rings. The van der Waals surface area contributed by atoms with Crippen molar-refractivity contribution in [2.45, 2.75) is 78.0 Å². The lowest BCUT2D eigenvalue weighted by Gasteiger charge is -2.35. The van der Waals surface area contributed by atoms with E-state index in [-0.39, 0.29) is 30.5 Å². The lowest BCUT2D eigenvalue weighted by atomic mass is 9.79. The zero-order valence-corrected chi connectivity index (χ0v) is 22.8. The standard InChI is InChI=1S/C28H36F3N3O6/c1-17-13-20(14-25(35)36)7-10-24(17)39-27(38)34-12-11-21-15-23(9-8-22(21)16-34)33-26(37)32-18(2)5-4-6-19(3)40-28(29,30)31/h4-6,8-9,15,17,19-20,24H,7,10-14,16H2,1-3H3,(H,35,36)(H2,32,33,37)/b6-4-,18-5+/t17-,19?,20-,24-/m1/s1. The second-order valence-corrected chi connectivity index (χ2v) is 10.4. The van der Waals surface area contributed by atoms with Crippen LogP contribution in [0, 0.1) is 11.8 Å². The van der Waals surface area contributed by atoms with Crippen LogP contribution in [0.5, 0.6) is 0 Å². The Labute approximate surface area is 231 Å². The summed E-state index contributed by atoms with van der Waals surface area (Å²) >= 11 is 0. The summed E-state index contributed by atoms with van der Waals surface area (Å²) in [5.41, 5.74) is 2.93. The van der Waals surface area contributed by atoms with Gasteiger partial charge in [-0.25, -0.2) is 9.59 Å². The third-order valence-corrected chi connectivity index (χ3v) is 7.01. The van der Waals surface area contributed by atoms with Crippen LogP contribution >= 0.6 is 0 Å². The molecule has 1 aromatic rings. The second kappa shape index (κ2) is 13.7. The number of halogens is 3. The van der Waals surface area contributed by atoms with Gasteiger partial charge in [0.15, 0.2) is 0 Å². The van der Waals surface area contributed by atoms with E-state index in [1.54, 1.807) is 17.9 Å². The summed E-state index contributed by atoms with van der Waals surface area (Å²) in [6, 6.07) is 4.92. The number of aliphatic carboxylic acids is 1. The number of carboxylic acids is 1. The van der Waals surface area contributed by atoms with Crippen molar-refractivity contribution in [3.05, 3.63) is 53.3 Å². The van der Waals surface area contributed by atoms with Crippen LogP contribution in [0.3, 0.4) is 0 Å². The van der Waals surface area contributed by atoms with Gasteiger partial charge >= 0.3 is 24.5 Å². The Kier molecular flexibility index (Phi) is 10.6. The summed E-state index contributed by atoms with van der Waals surface area (Å²) in [7, 11) is 0. The monoisotopic (exact) mass is 567 g/mol. The molecule has 2 aliphatic rings. The lowest BCUT2D eigenvalue weighted by molar-refractivity contribution is -0.334. The van der Waals surface area contributed by atoms with Crippen LogP contribution in [-0.4, -0.2) is 53.2 Å². The number of benzene rings is 1. The SMILES string of the molecule is C/C(=C\C=C/C(C)OC(F)(F)F)NC(=O)Nc1ccc2c(c1)CCN(C(=O)O[C@@H]1CC[C@@H](CC(=O)O)C[C@H]1C)C2. The first-order valence-corrected chi connectivity index (χ1v) is 13.3. The number of urea groups is 1. The van der Waals surface area contributed by atoms with E-state index in [1.807, 2.05) is 19.1 Å². The number of carboxylic acid groups (broad SMARTS) is 1. The number of hydrogen-bond donors (Lipinski definition) is 3. The quantitative estimate of drug-likeness (QED) is 0.334. The van der Waals surface area contributed by atoms with Gasteiger partial charge in [0.2, 0.25) is 0 Å². The molecule has 4 atom stereocenters. The van der Waals surface area contributed by atoms with Crippen molar-refractivity contribution in [3.8, 4) is 0 Å². The summed E-state index contributed by atoms with van der Waals surface area (Å²) in [6.07, 6.45) is 0.377. The number of carbonyl (C=O) groups excluding carboxylic acids is 2. The fourth-order valence-corrected chi connectivity index (χ4v) is 5.07. The first-order chi connectivity index (χ1) is 18.8. The molecule has 1 heterocycles. The molecule has 0 bridgehead atoms. The van der Waals surface area contributed by atoms with Gasteiger partial charge in [-0.15, -0.1) is 13.2 Å². The smallest absolute Gasteiger partial charge is 0.481 e. The van der Waals surface area contributed by atoms with Gasteiger partial charge in [-0.3, -0.25) is 9.53 Å². The van der Waals surface area contributed by atoms with Gasteiger partial charge in [0.25, 0.3) is 0 Å². The normalized spacial score (nSPS) is 22.4. The van der Waals surface area contributed by atoms with Crippen molar-refractivity contribution in [1.82, 2.24) is 10.2 Å². The van der Waals surface area contributed by atoms with Gasteiger partial charge in [-0.05, 0) is 80.7 Å². The highest BCUT2D eigenvalue weighted by Gasteiger charge is 2.33. The molecular formula is C28H36F3N3O6. The molecule has 0 spiro atoms. The number of alkyl halides is 3. The van der Waals surface area contributed by atoms with E-state index in [4.69, 9.17) is 9.84 Å². The molecule has 12 heteroatoms. The lowest BCUT2D eigenvalue weighted by Crippen LogP contribution is -2.41. The Hall–Kier alpha value is -3.54. The van der Waals surface area contributed by atoms with Crippen molar-refractivity contribution in [1.29, 1.82) is 0 Å². The van der Waals surface area contributed by atoms with Crippen LogP contribution in [-0.2, 0) is 27.2 Å². The molecular weight excluding hydrogens is 531 g/mol. The largest absolute Gasteiger partial charge is 0.523 e. The number of rotatable bonds is 8. The number of amides is 3. The molecule has 0 saturated heterocycles. The minimum absolute atomic E-state index is 0.0976. The number of allylic oxidation sites excluding steroid dienone is 3. The predicted molar refractivity (Wildman–Crippen MR) is 141 cm³/mol. The Morgan fingerprint density at radius 1 is 1.23 bits per heavy atom. The van der Waals surface area contributed by atoms with Crippen molar-refractivity contribution >= 4 is 23.8 Å². The van der Waals surface area contributed by atoms with Crippen molar-refractivity contribution in [2.24, 2.45) is 11.8 Å². The molecule has 0 aromatic heterocycles. The molecule has 1 aliphatic carbocycles. The fraction of sp³-hybridized carbons (Fsp3) is 0.536. The molecule has 3 amide bonds. The van der Waals surface area contributed by atoms with Crippen LogP contribution in [0.1, 0.15) is 57.6 Å². The van der Waals surface area contributed by atoms with Gasteiger partial charge in [-0.1, -0.05) is 25.1 Å². The van der Waals surface area contributed by atoms with E-state index in [1.165, 1.54) is 25.2 Å². The first kappa shape index (κ1) is 31.0. The highest BCUT2D eigenvalue weighted by molar-refractivity contribution is 5.90.